The SMILES string of the molecule is COc1ccc(OC)c(NS(=O)(=O)c2ccc(NC(=O)CCCc3ccc(I)cc3)cc2)c1. The minimum atomic E-state index is -3.86. The number of methoxy groups -OCH3 is 2. The molecule has 0 heterocycles. The van der Waals surface area contributed by atoms with Gasteiger partial charge in [-0.1, -0.05) is 12.1 Å². The van der Waals surface area contributed by atoms with Gasteiger partial charge >= 0.3 is 0 Å². The van der Waals surface area contributed by atoms with Crippen LogP contribution < -0.4 is 19.5 Å². The minimum Gasteiger partial charge on any atom is -0.497 e. The van der Waals surface area contributed by atoms with E-state index in [9.17, 15) is 13.2 Å². The highest BCUT2D eigenvalue weighted by atomic mass is 127. The fourth-order valence-electron chi connectivity index (χ4n) is 3.14. The summed E-state index contributed by atoms with van der Waals surface area (Å²) in [6.07, 6.45) is 1.93. The van der Waals surface area contributed by atoms with Crippen LogP contribution in [0.3, 0.4) is 0 Å². The molecule has 0 bridgehead atoms. The topological polar surface area (TPSA) is 93.7 Å². The lowest BCUT2D eigenvalue weighted by Crippen LogP contribution is -2.14. The molecule has 0 saturated heterocycles. The van der Waals surface area contributed by atoms with E-state index in [2.05, 4.69) is 44.8 Å². The Labute approximate surface area is 207 Å². The summed E-state index contributed by atoms with van der Waals surface area (Å²) in [5.74, 6) is 0.748. The normalized spacial score (nSPS) is 11.0. The van der Waals surface area contributed by atoms with E-state index in [1.807, 2.05) is 12.1 Å². The number of anilines is 2. The van der Waals surface area contributed by atoms with Crippen LogP contribution >= 0.6 is 22.6 Å². The molecule has 7 nitrogen and oxygen atoms in total. The van der Waals surface area contributed by atoms with Crippen LogP contribution in [0, 0.1) is 3.57 Å². The number of nitrogens with one attached hydrogen (secondary N) is 2. The summed E-state index contributed by atoms with van der Waals surface area (Å²) in [6.45, 7) is 0. The van der Waals surface area contributed by atoms with E-state index < -0.39 is 10.0 Å². The number of sulfonamides is 1. The summed E-state index contributed by atoms with van der Waals surface area (Å²) >= 11 is 2.26. The Kier molecular flexibility index (Phi) is 8.56. The average molecular weight is 580 g/mol. The highest BCUT2D eigenvalue weighted by Crippen LogP contribution is 2.31. The van der Waals surface area contributed by atoms with E-state index in [4.69, 9.17) is 9.47 Å². The number of aryl methyl sites for hydroxylation is 1. The molecule has 0 aromatic heterocycles. The predicted molar refractivity (Wildman–Crippen MR) is 138 cm³/mol. The van der Waals surface area contributed by atoms with E-state index in [1.54, 1.807) is 30.3 Å². The zero-order chi connectivity index (χ0) is 23.8. The van der Waals surface area contributed by atoms with Crippen LogP contribution in [0.4, 0.5) is 11.4 Å². The van der Waals surface area contributed by atoms with E-state index in [-0.39, 0.29) is 16.5 Å². The molecule has 3 rings (SSSR count). The van der Waals surface area contributed by atoms with Crippen LogP contribution in [0.2, 0.25) is 0 Å². The number of hydrogen-bond donors (Lipinski definition) is 2. The lowest BCUT2D eigenvalue weighted by atomic mass is 10.1. The van der Waals surface area contributed by atoms with Crippen molar-refractivity contribution in [2.75, 3.05) is 24.3 Å². The molecule has 0 atom stereocenters. The third-order valence-electron chi connectivity index (χ3n) is 4.88. The van der Waals surface area contributed by atoms with E-state index >= 15 is 0 Å². The molecule has 9 heteroatoms. The first-order valence-corrected chi connectivity index (χ1v) is 12.8. The summed E-state index contributed by atoms with van der Waals surface area (Å²) in [5, 5.41) is 2.81. The smallest absolute Gasteiger partial charge is 0.262 e. The lowest BCUT2D eigenvalue weighted by Gasteiger charge is -2.13. The molecule has 0 fully saturated rings. The maximum atomic E-state index is 12.8. The third kappa shape index (κ3) is 7.10. The zero-order valence-electron chi connectivity index (χ0n) is 18.3. The molecule has 0 radical (unpaired) electrons. The minimum absolute atomic E-state index is 0.0593. The summed E-state index contributed by atoms with van der Waals surface area (Å²) in [4.78, 5) is 12.3. The van der Waals surface area contributed by atoms with Crippen molar-refractivity contribution in [2.24, 2.45) is 0 Å². The fraction of sp³-hybridized carbons (Fsp3) is 0.208. The van der Waals surface area contributed by atoms with Crippen molar-refractivity contribution in [3.63, 3.8) is 0 Å². The molecule has 33 heavy (non-hydrogen) atoms. The second kappa shape index (κ2) is 11.4. The van der Waals surface area contributed by atoms with Crippen LogP contribution in [-0.4, -0.2) is 28.5 Å². The molecule has 2 N–H and O–H groups in total. The number of benzene rings is 3. The number of ether oxygens (including phenoxy) is 2. The predicted octanol–water partition coefficient (Wildman–Crippen LogP) is 5.07. The van der Waals surface area contributed by atoms with Crippen molar-refractivity contribution >= 4 is 49.9 Å². The Hall–Kier alpha value is -2.79. The number of hydrogen-bond acceptors (Lipinski definition) is 5. The number of carbonyl (C=O) groups is 1. The summed E-state index contributed by atoms with van der Waals surface area (Å²) in [5.41, 5.74) is 1.99. The monoisotopic (exact) mass is 580 g/mol. The summed E-state index contributed by atoms with van der Waals surface area (Å²) in [7, 11) is -0.912. The van der Waals surface area contributed by atoms with Gasteiger partial charge in [0.2, 0.25) is 5.91 Å². The molecular formula is C24H25IN2O5S. The molecule has 3 aromatic rings. The van der Waals surface area contributed by atoms with Crippen LogP contribution in [0.5, 0.6) is 11.5 Å². The van der Waals surface area contributed by atoms with Crippen LogP contribution in [0.15, 0.2) is 71.6 Å². The molecule has 0 spiro atoms. The maximum Gasteiger partial charge on any atom is 0.262 e. The lowest BCUT2D eigenvalue weighted by molar-refractivity contribution is -0.116. The van der Waals surface area contributed by atoms with Gasteiger partial charge in [-0.15, -0.1) is 0 Å². The van der Waals surface area contributed by atoms with Crippen molar-refractivity contribution in [2.45, 2.75) is 24.2 Å². The van der Waals surface area contributed by atoms with Crippen molar-refractivity contribution in [3.05, 3.63) is 75.9 Å². The molecule has 1 amide bonds. The molecule has 0 unspecified atom stereocenters. The van der Waals surface area contributed by atoms with Gasteiger partial charge in [0.15, 0.2) is 0 Å². The first-order chi connectivity index (χ1) is 15.8. The number of halogens is 1. The molecule has 0 saturated carbocycles. The van der Waals surface area contributed by atoms with E-state index in [0.29, 0.717) is 23.6 Å². The van der Waals surface area contributed by atoms with E-state index in [0.717, 1.165) is 12.8 Å². The van der Waals surface area contributed by atoms with Crippen molar-refractivity contribution in [1.82, 2.24) is 0 Å². The molecule has 0 aliphatic heterocycles. The summed E-state index contributed by atoms with van der Waals surface area (Å²) < 4.78 is 39.7. The Bertz CT molecular complexity index is 1200. The van der Waals surface area contributed by atoms with Gasteiger partial charge in [0.05, 0.1) is 24.8 Å². The first-order valence-electron chi connectivity index (χ1n) is 10.2. The largest absolute Gasteiger partial charge is 0.497 e. The zero-order valence-corrected chi connectivity index (χ0v) is 21.3. The maximum absolute atomic E-state index is 12.8. The van der Waals surface area contributed by atoms with Crippen molar-refractivity contribution < 1.29 is 22.7 Å². The molecule has 3 aromatic carbocycles. The fourth-order valence-corrected chi connectivity index (χ4v) is 4.56. The second-order valence-corrected chi connectivity index (χ2v) is 10.2. The van der Waals surface area contributed by atoms with E-state index in [1.165, 1.54) is 35.5 Å². The van der Waals surface area contributed by atoms with Gasteiger partial charge in [0.25, 0.3) is 10.0 Å². The molecule has 174 valence electrons. The number of amides is 1. The first kappa shape index (κ1) is 24.8. The van der Waals surface area contributed by atoms with Crippen LogP contribution in [0.25, 0.3) is 0 Å². The van der Waals surface area contributed by atoms with Crippen molar-refractivity contribution in [1.29, 1.82) is 0 Å². The summed E-state index contributed by atoms with van der Waals surface area (Å²) in [6, 6.07) is 19.1. The van der Waals surface area contributed by atoms with Crippen LogP contribution in [-0.2, 0) is 21.2 Å². The number of carbonyl (C=O) groups excluding carboxylic acids is 1. The van der Waals surface area contributed by atoms with Gasteiger partial charge < -0.3 is 14.8 Å². The standard InChI is InChI=1S/C24H25IN2O5S/c1-31-20-12-15-23(32-2)22(16-20)27-33(29,30)21-13-10-19(11-14-21)26-24(28)5-3-4-17-6-8-18(25)9-7-17/h6-16,27H,3-5H2,1-2H3,(H,26,28). The third-order valence-corrected chi connectivity index (χ3v) is 6.98. The quantitative estimate of drug-likeness (QED) is 0.327. The van der Waals surface area contributed by atoms with Crippen LogP contribution in [0.1, 0.15) is 18.4 Å². The van der Waals surface area contributed by atoms with Gasteiger partial charge in [-0.25, -0.2) is 8.42 Å². The second-order valence-electron chi connectivity index (χ2n) is 7.22. The Balaban J connectivity index is 1.58. The Morgan fingerprint density at radius 2 is 1.64 bits per heavy atom. The van der Waals surface area contributed by atoms with Gasteiger partial charge in [0, 0.05) is 21.7 Å². The highest BCUT2D eigenvalue weighted by molar-refractivity contribution is 14.1. The molecule has 0 aliphatic carbocycles. The van der Waals surface area contributed by atoms with Gasteiger partial charge in [-0.3, -0.25) is 9.52 Å². The Morgan fingerprint density at radius 1 is 0.939 bits per heavy atom. The molecular weight excluding hydrogens is 555 g/mol. The number of rotatable bonds is 10. The van der Waals surface area contributed by atoms with Gasteiger partial charge in [-0.05, 0) is 89.5 Å². The Morgan fingerprint density at radius 3 is 2.27 bits per heavy atom. The average Bonchev–Trinajstić information content (AvgIpc) is 2.80. The van der Waals surface area contributed by atoms with Gasteiger partial charge in [-0.2, -0.15) is 0 Å². The molecule has 0 aliphatic rings. The van der Waals surface area contributed by atoms with Crippen molar-refractivity contribution in [3.8, 4) is 11.5 Å². The highest BCUT2D eigenvalue weighted by Gasteiger charge is 2.17. The van der Waals surface area contributed by atoms with Gasteiger partial charge in [0.1, 0.15) is 11.5 Å².